The van der Waals surface area contributed by atoms with Crippen LogP contribution in [0.2, 0.25) is 0 Å². The summed E-state index contributed by atoms with van der Waals surface area (Å²) in [4.78, 5) is 25.8. The lowest BCUT2D eigenvalue weighted by Crippen LogP contribution is -2.43. The second-order valence-corrected chi connectivity index (χ2v) is 4.49. The van der Waals surface area contributed by atoms with E-state index in [2.05, 4.69) is 5.10 Å². The summed E-state index contributed by atoms with van der Waals surface area (Å²) < 4.78 is 1.36. The lowest BCUT2D eigenvalue weighted by molar-refractivity contribution is -0.117. The minimum atomic E-state index is -0.419. The number of nitrogens with zero attached hydrogens (tertiary/aromatic N) is 4. The molecular formula is C14H10N4O2. The molecule has 2 heterocycles. The van der Waals surface area contributed by atoms with Crippen molar-refractivity contribution < 1.29 is 9.59 Å². The third-order valence-corrected chi connectivity index (χ3v) is 3.28. The van der Waals surface area contributed by atoms with E-state index in [4.69, 9.17) is 5.26 Å². The molecule has 0 spiro atoms. The van der Waals surface area contributed by atoms with E-state index in [9.17, 15) is 9.59 Å². The third-order valence-electron chi connectivity index (χ3n) is 3.28. The van der Waals surface area contributed by atoms with Gasteiger partial charge in [0.05, 0.1) is 12.6 Å². The number of benzene rings is 1. The molecule has 2 aromatic rings. The highest BCUT2D eigenvalue weighted by Crippen LogP contribution is 2.27. The molecule has 1 aromatic heterocycles. The van der Waals surface area contributed by atoms with Crippen molar-refractivity contribution in [3.05, 3.63) is 47.2 Å². The van der Waals surface area contributed by atoms with Gasteiger partial charge in [-0.25, -0.2) is 4.90 Å². The molecule has 0 saturated heterocycles. The fourth-order valence-corrected chi connectivity index (χ4v) is 2.35. The normalized spacial score (nSPS) is 14.1. The standard InChI is InChI=1S/C14H10N4O2/c1-17-13(10(7-15)8-16-17)18-12(19)6-9-4-2-3-5-11(9)14(18)20/h2-5,8H,6H2,1H3. The van der Waals surface area contributed by atoms with Crippen LogP contribution in [-0.2, 0) is 18.3 Å². The van der Waals surface area contributed by atoms with Gasteiger partial charge in [-0.05, 0) is 11.6 Å². The van der Waals surface area contributed by atoms with Crippen LogP contribution in [0, 0.1) is 11.3 Å². The van der Waals surface area contributed by atoms with Gasteiger partial charge < -0.3 is 0 Å². The molecule has 0 bridgehead atoms. The molecule has 1 aliphatic rings. The molecule has 1 aliphatic heterocycles. The SMILES string of the molecule is Cn1ncc(C#N)c1N1C(=O)Cc2ccccc2C1=O. The highest BCUT2D eigenvalue weighted by molar-refractivity contribution is 6.24. The molecule has 0 fully saturated rings. The van der Waals surface area contributed by atoms with E-state index in [0.29, 0.717) is 11.1 Å². The molecule has 3 rings (SSSR count). The van der Waals surface area contributed by atoms with Gasteiger partial charge in [0.1, 0.15) is 11.6 Å². The van der Waals surface area contributed by atoms with Crippen molar-refractivity contribution in [1.29, 1.82) is 5.26 Å². The Labute approximate surface area is 114 Å². The van der Waals surface area contributed by atoms with E-state index in [1.54, 1.807) is 31.3 Å². The second-order valence-electron chi connectivity index (χ2n) is 4.49. The van der Waals surface area contributed by atoms with E-state index < -0.39 is 5.91 Å². The van der Waals surface area contributed by atoms with Gasteiger partial charge in [0, 0.05) is 12.6 Å². The lowest BCUT2D eigenvalue weighted by Gasteiger charge is -2.26. The van der Waals surface area contributed by atoms with Gasteiger partial charge in [-0.2, -0.15) is 10.4 Å². The maximum Gasteiger partial charge on any atom is 0.266 e. The second kappa shape index (κ2) is 4.31. The van der Waals surface area contributed by atoms with Crippen LogP contribution < -0.4 is 4.90 Å². The van der Waals surface area contributed by atoms with Crippen molar-refractivity contribution in [3.8, 4) is 6.07 Å². The van der Waals surface area contributed by atoms with Gasteiger partial charge in [0.2, 0.25) is 5.91 Å². The van der Waals surface area contributed by atoms with Crippen LogP contribution in [0.5, 0.6) is 0 Å². The zero-order chi connectivity index (χ0) is 14.3. The Hall–Kier alpha value is -2.94. The quantitative estimate of drug-likeness (QED) is 0.722. The van der Waals surface area contributed by atoms with Gasteiger partial charge in [0.25, 0.3) is 5.91 Å². The summed E-state index contributed by atoms with van der Waals surface area (Å²) in [5.74, 6) is -0.553. The number of aromatic nitrogens is 2. The Bertz CT molecular complexity index is 770. The summed E-state index contributed by atoms with van der Waals surface area (Å²) in [7, 11) is 1.59. The van der Waals surface area contributed by atoms with Crippen molar-refractivity contribution in [2.24, 2.45) is 7.05 Å². The maximum absolute atomic E-state index is 12.5. The minimum Gasteiger partial charge on any atom is -0.274 e. The number of hydrogen-bond donors (Lipinski definition) is 0. The number of carbonyl (C=O) groups is 2. The van der Waals surface area contributed by atoms with Crippen molar-refractivity contribution in [2.75, 3.05) is 4.90 Å². The van der Waals surface area contributed by atoms with Crippen LogP contribution in [0.1, 0.15) is 21.5 Å². The van der Waals surface area contributed by atoms with E-state index in [1.807, 2.05) is 6.07 Å². The predicted octanol–water partition coefficient (Wildman–Crippen LogP) is 1.02. The van der Waals surface area contributed by atoms with Crippen LogP contribution in [0.15, 0.2) is 30.5 Å². The topological polar surface area (TPSA) is 79.0 Å². The third kappa shape index (κ3) is 1.61. The van der Waals surface area contributed by atoms with Gasteiger partial charge in [0.15, 0.2) is 5.82 Å². The Morgan fingerprint density at radius 2 is 2.05 bits per heavy atom. The molecule has 6 heteroatoms. The van der Waals surface area contributed by atoms with Gasteiger partial charge >= 0.3 is 0 Å². The zero-order valence-electron chi connectivity index (χ0n) is 10.7. The minimum absolute atomic E-state index is 0.137. The molecule has 1 aromatic carbocycles. The molecule has 20 heavy (non-hydrogen) atoms. The Morgan fingerprint density at radius 1 is 1.30 bits per heavy atom. The fourth-order valence-electron chi connectivity index (χ4n) is 2.35. The molecule has 0 atom stereocenters. The van der Waals surface area contributed by atoms with Gasteiger partial charge in [-0.3, -0.25) is 14.3 Å². The molecule has 0 radical (unpaired) electrons. The molecule has 6 nitrogen and oxygen atoms in total. The Kier molecular flexibility index (Phi) is 2.61. The lowest BCUT2D eigenvalue weighted by atomic mass is 9.98. The summed E-state index contributed by atoms with van der Waals surface area (Å²) in [5.41, 5.74) is 1.39. The highest BCUT2D eigenvalue weighted by atomic mass is 16.2. The molecule has 2 amide bonds. The van der Waals surface area contributed by atoms with E-state index in [0.717, 1.165) is 4.90 Å². The predicted molar refractivity (Wildman–Crippen MR) is 69.9 cm³/mol. The smallest absolute Gasteiger partial charge is 0.266 e. The number of nitriles is 1. The van der Waals surface area contributed by atoms with Gasteiger partial charge in [-0.1, -0.05) is 18.2 Å². The summed E-state index contributed by atoms with van der Waals surface area (Å²) >= 11 is 0. The van der Waals surface area contributed by atoms with Crippen LogP contribution >= 0.6 is 0 Å². The molecular weight excluding hydrogens is 256 g/mol. The molecule has 0 aliphatic carbocycles. The number of amides is 2. The van der Waals surface area contributed by atoms with Gasteiger partial charge in [-0.15, -0.1) is 0 Å². The number of aryl methyl sites for hydroxylation is 1. The average molecular weight is 266 g/mol. The summed E-state index contributed by atoms with van der Waals surface area (Å²) in [6.07, 6.45) is 1.48. The summed E-state index contributed by atoms with van der Waals surface area (Å²) in [5, 5.41) is 13.0. The van der Waals surface area contributed by atoms with Crippen molar-refractivity contribution in [3.63, 3.8) is 0 Å². The van der Waals surface area contributed by atoms with E-state index >= 15 is 0 Å². The number of fused-ring (bicyclic) bond motifs is 1. The van der Waals surface area contributed by atoms with Crippen LogP contribution in [0.25, 0.3) is 0 Å². The number of imide groups is 1. The van der Waals surface area contributed by atoms with E-state index in [-0.39, 0.29) is 23.7 Å². The summed E-state index contributed by atoms with van der Waals surface area (Å²) in [6.45, 7) is 0. The average Bonchev–Trinajstić information content (AvgIpc) is 2.80. The maximum atomic E-state index is 12.5. The van der Waals surface area contributed by atoms with Crippen molar-refractivity contribution >= 4 is 17.6 Å². The number of anilines is 1. The number of hydrogen-bond acceptors (Lipinski definition) is 4. The van der Waals surface area contributed by atoms with Crippen LogP contribution in [0.3, 0.4) is 0 Å². The van der Waals surface area contributed by atoms with Crippen LogP contribution in [0.4, 0.5) is 5.82 Å². The zero-order valence-corrected chi connectivity index (χ0v) is 10.7. The largest absolute Gasteiger partial charge is 0.274 e. The molecule has 0 N–H and O–H groups in total. The molecule has 0 saturated carbocycles. The summed E-state index contributed by atoms with van der Waals surface area (Å²) in [6, 6.07) is 8.93. The molecule has 0 unspecified atom stereocenters. The fraction of sp³-hybridized carbons (Fsp3) is 0.143. The first-order valence-corrected chi connectivity index (χ1v) is 6.00. The Morgan fingerprint density at radius 3 is 2.80 bits per heavy atom. The highest BCUT2D eigenvalue weighted by Gasteiger charge is 2.35. The van der Waals surface area contributed by atoms with Crippen molar-refractivity contribution in [2.45, 2.75) is 6.42 Å². The Balaban J connectivity index is 2.17. The molecule has 98 valence electrons. The van der Waals surface area contributed by atoms with E-state index in [1.165, 1.54) is 10.9 Å². The monoisotopic (exact) mass is 266 g/mol. The number of rotatable bonds is 1. The first kappa shape index (κ1) is 12.1. The first-order valence-electron chi connectivity index (χ1n) is 6.00. The van der Waals surface area contributed by atoms with Crippen LogP contribution in [-0.4, -0.2) is 21.6 Å². The number of carbonyl (C=O) groups excluding carboxylic acids is 2. The first-order chi connectivity index (χ1) is 9.63. The van der Waals surface area contributed by atoms with Crippen molar-refractivity contribution in [1.82, 2.24) is 9.78 Å².